The lowest BCUT2D eigenvalue weighted by molar-refractivity contribution is -0.870. The van der Waals surface area contributed by atoms with Crippen LogP contribution in [0.1, 0.15) is 348 Å². The predicted octanol–water partition coefficient (Wildman–Crippen LogP) is 22.3. The highest BCUT2D eigenvalue weighted by molar-refractivity contribution is 7.47. The van der Waals surface area contributed by atoms with E-state index in [1.807, 2.05) is 21.1 Å². The van der Waals surface area contributed by atoms with Gasteiger partial charge in [-0.05, 0) is 70.6 Å². The summed E-state index contributed by atoms with van der Waals surface area (Å²) in [6.07, 6.45) is 78.3. The van der Waals surface area contributed by atoms with Gasteiger partial charge in [0.15, 0.2) is 6.10 Å². The van der Waals surface area contributed by atoms with E-state index in [1.54, 1.807) is 0 Å². The summed E-state index contributed by atoms with van der Waals surface area (Å²) in [5.74, 6) is -0.781. The molecule has 0 radical (unpaired) electrons. The maximum Gasteiger partial charge on any atom is 0.472 e. The fourth-order valence-electron chi connectivity index (χ4n) is 10.3. The third-order valence-electron chi connectivity index (χ3n) is 15.6. The van der Waals surface area contributed by atoms with Crippen molar-refractivity contribution in [1.82, 2.24) is 0 Å². The van der Waals surface area contributed by atoms with Crippen molar-refractivity contribution in [2.45, 2.75) is 354 Å². The number of hydrogen-bond acceptors (Lipinski definition) is 7. The van der Waals surface area contributed by atoms with Crippen molar-refractivity contribution in [3.63, 3.8) is 0 Å². The molecule has 1 N–H and O–H groups in total. The molecule has 0 bridgehead atoms. The van der Waals surface area contributed by atoms with Crippen molar-refractivity contribution in [1.29, 1.82) is 0 Å². The van der Waals surface area contributed by atoms with E-state index in [4.69, 9.17) is 18.5 Å². The van der Waals surface area contributed by atoms with Crippen molar-refractivity contribution >= 4 is 19.8 Å². The lowest BCUT2D eigenvalue weighted by Gasteiger charge is -2.24. The Morgan fingerprint density at radius 3 is 1.00 bits per heavy atom. The molecule has 2 unspecified atom stereocenters. The molecule has 2 atom stereocenters. The largest absolute Gasteiger partial charge is 0.472 e. The highest BCUT2D eigenvalue weighted by Gasteiger charge is 2.27. The zero-order valence-electron chi connectivity index (χ0n) is 53.8. The Labute approximate surface area is 497 Å². The van der Waals surface area contributed by atoms with Gasteiger partial charge in [0.05, 0.1) is 27.7 Å². The van der Waals surface area contributed by atoms with Gasteiger partial charge in [0.1, 0.15) is 19.8 Å². The third-order valence-corrected chi connectivity index (χ3v) is 16.6. The first kappa shape index (κ1) is 78.2. The van der Waals surface area contributed by atoms with Gasteiger partial charge in [-0.1, -0.05) is 301 Å². The number of rotatable bonds is 65. The van der Waals surface area contributed by atoms with Crippen molar-refractivity contribution in [3.05, 3.63) is 36.5 Å². The molecule has 0 aliphatic rings. The zero-order valence-corrected chi connectivity index (χ0v) is 54.7. The number of unbranched alkanes of at least 4 members (excludes halogenated alkanes) is 45. The van der Waals surface area contributed by atoms with Crippen LogP contribution < -0.4 is 0 Å². The molecule has 0 saturated carbocycles. The van der Waals surface area contributed by atoms with Gasteiger partial charge in [0, 0.05) is 12.8 Å². The van der Waals surface area contributed by atoms with Crippen LogP contribution in [0.15, 0.2) is 36.5 Å². The minimum Gasteiger partial charge on any atom is -0.462 e. The van der Waals surface area contributed by atoms with Gasteiger partial charge in [-0.3, -0.25) is 18.6 Å². The molecule has 0 aliphatic heterocycles. The number of ether oxygens (including phenoxy) is 2. The predicted molar refractivity (Wildman–Crippen MR) is 344 cm³/mol. The first-order chi connectivity index (χ1) is 39.0. The Morgan fingerprint density at radius 2 is 0.675 bits per heavy atom. The summed E-state index contributed by atoms with van der Waals surface area (Å²) in [5.41, 5.74) is 0. The van der Waals surface area contributed by atoms with E-state index in [1.165, 1.54) is 276 Å². The maximum absolute atomic E-state index is 12.9. The molecule has 0 saturated heterocycles. The monoisotopic (exact) mass is 1150 g/mol. The summed E-state index contributed by atoms with van der Waals surface area (Å²) >= 11 is 0. The van der Waals surface area contributed by atoms with Crippen LogP contribution in [-0.2, 0) is 32.7 Å². The van der Waals surface area contributed by atoms with Gasteiger partial charge in [0.2, 0.25) is 0 Å². The minimum atomic E-state index is -4.39. The number of phosphoric ester groups is 1. The Morgan fingerprint density at radius 1 is 0.388 bits per heavy atom. The van der Waals surface area contributed by atoms with Crippen LogP contribution in [0.5, 0.6) is 0 Å². The number of allylic oxidation sites excluding steroid dienone is 6. The molecular weight excluding hydrogens is 1010 g/mol. The van der Waals surface area contributed by atoms with E-state index in [0.717, 1.165) is 38.5 Å². The number of esters is 2. The number of hydrogen-bond donors (Lipinski definition) is 1. The molecule has 9 nitrogen and oxygen atoms in total. The number of likely N-dealkylation sites (N-methyl/N-ethyl adjacent to an activating group) is 1. The highest BCUT2D eigenvalue weighted by atomic mass is 31.2. The molecule has 0 heterocycles. The second-order valence-corrected chi connectivity index (χ2v) is 26.4. The Balaban J connectivity index is 3.93. The van der Waals surface area contributed by atoms with Crippen molar-refractivity contribution in [3.8, 4) is 0 Å². The summed E-state index contributed by atoms with van der Waals surface area (Å²) < 4.78 is 34.7. The SMILES string of the molecule is CCCCCCC/C=C\C/C=C\CCCCCCCCCCCCCCCCCCCCCCCCCCCC(=O)OC(COC(=O)CCCCCCCCCCC/C=C\CCCCCCCC)COP(=O)(O)OCC[N+](C)(C)C. The maximum atomic E-state index is 12.9. The summed E-state index contributed by atoms with van der Waals surface area (Å²) in [6.45, 7) is 4.47. The van der Waals surface area contributed by atoms with E-state index in [0.29, 0.717) is 23.9 Å². The van der Waals surface area contributed by atoms with E-state index >= 15 is 0 Å². The molecule has 80 heavy (non-hydrogen) atoms. The smallest absolute Gasteiger partial charge is 0.462 e. The van der Waals surface area contributed by atoms with Gasteiger partial charge < -0.3 is 18.9 Å². The van der Waals surface area contributed by atoms with Crippen LogP contribution in [-0.4, -0.2) is 74.9 Å². The first-order valence-corrected chi connectivity index (χ1v) is 36.2. The van der Waals surface area contributed by atoms with Crippen LogP contribution >= 0.6 is 7.82 Å². The fraction of sp³-hybridized carbons (Fsp3) is 0.886. The molecule has 0 fully saturated rings. The quantitative estimate of drug-likeness (QED) is 0.0211. The van der Waals surface area contributed by atoms with Crippen molar-refractivity contribution < 1.29 is 42.1 Å². The van der Waals surface area contributed by atoms with E-state index in [-0.39, 0.29) is 25.6 Å². The number of phosphoric acid groups is 1. The van der Waals surface area contributed by atoms with Gasteiger partial charge in [-0.15, -0.1) is 0 Å². The number of quaternary nitrogens is 1. The van der Waals surface area contributed by atoms with Crippen LogP contribution in [0.2, 0.25) is 0 Å². The molecule has 10 heteroatoms. The summed E-state index contributed by atoms with van der Waals surface area (Å²) in [7, 11) is 1.49. The molecule has 0 aromatic heterocycles. The highest BCUT2D eigenvalue weighted by Crippen LogP contribution is 2.43. The van der Waals surface area contributed by atoms with Gasteiger partial charge in [-0.2, -0.15) is 0 Å². The number of carbonyl (C=O) groups excluding carboxylic acids is 2. The second kappa shape index (κ2) is 61.8. The lowest BCUT2D eigenvalue weighted by Crippen LogP contribution is -2.37. The Hall–Kier alpha value is -1.77. The second-order valence-electron chi connectivity index (χ2n) is 24.9. The molecule has 0 aliphatic carbocycles. The topological polar surface area (TPSA) is 108 Å². The molecule has 0 amide bonds. The minimum absolute atomic E-state index is 0.0341. The summed E-state index contributed by atoms with van der Waals surface area (Å²) in [4.78, 5) is 35.8. The molecule has 0 aromatic carbocycles. The Kier molecular flexibility index (Phi) is 60.4. The third kappa shape index (κ3) is 65.4. The molecule has 0 spiro atoms. The van der Waals surface area contributed by atoms with Crippen molar-refractivity contribution in [2.75, 3.05) is 47.5 Å². The fourth-order valence-corrected chi connectivity index (χ4v) is 11.0. The average Bonchev–Trinajstić information content (AvgIpc) is 3.42. The normalized spacial score (nSPS) is 13.3. The van der Waals surface area contributed by atoms with E-state index in [2.05, 4.69) is 50.3 Å². The zero-order chi connectivity index (χ0) is 58.4. The number of carbonyl (C=O) groups is 2. The van der Waals surface area contributed by atoms with Crippen LogP contribution in [0.4, 0.5) is 0 Å². The van der Waals surface area contributed by atoms with E-state index < -0.39 is 26.5 Å². The summed E-state index contributed by atoms with van der Waals surface area (Å²) in [5, 5.41) is 0. The first-order valence-electron chi connectivity index (χ1n) is 34.7. The van der Waals surface area contributed by atoms with Crippen LogP contribution in [0.3, 0.4) is 0 Å². The average molecular weight is 1150 g/mol. The number of nitrogens with zero attached hydrogens (tertiary/aromatic N) is 1. The molecule has 0 rings (SSSR count). The van der Waals surface area contributed by atoms with Gasteiger partial charge >= 0.3 is 19.8 Å². The standard InChI is InChI=1S/C70H134NO8P/c1-6-8-10-12-14-16-18-20-22-24-26-27-28-29-30-31-32-33-34-35-36-37-38-39-40-41-42-43-45-47-49-51-53-55-57-59-61-63-70(73)79-68(67-78-80(74,75)77-65-64-71(3,4)5)66-76-69(72)62-60-58-56-54-52-50-48-46-44-25-23-21-19-17-15-13-11-9-7-2/h18,20-21,23-24,26,68H,6-17,19,22,25,27-67H2,1-5H3/p+1/b20-18-,23-21-,26-24-. The summed E-state index contributed by atoms with van der Waals surface area (Å²) in [6, 6.07) is 0. The lowest BCUT2D eigenvalue weighted by atomic mass is 10.0. The van der Waals surface area contributed by atoms with Gasteiger partial charge in [-0.25, -0.2) is 4.57 Å². The Bertz CT molecular complexity index is 1440. The molecule has 0 aromatic rings. The molecular formula is C70H135NO8P+. The van der Waals surface area contributed by atoms with Crippen LogP contribution in [0, 0.1) is 0 Å². The van der Waals surface area contributed by atoms with E-state index in [9.17, 15) is 19.0 Å². The van der Waals surface area contributed by atoms with Crippen LogP contribution in [0.25, 0.3) is 0 Å². The van der Waals surface area contributed by atoms with Gasteiger partial charge in [0.25, 0.3) is 0 Å². The van der Waals surface area contributed by atoms with Crippen molar-refractivity contribution in [2.24, 2.45) is 0 Å². The molecule has 472 valence electrons.